The first kappa shape index (κ1) is 17.5. The average Bonchev–Trinajstić information content (AvgIpc) is 3.10. The second kappa shape index (κ2) is 6.87. The first-order chi connectivity index (χ1) is 11.9. The maximum atomic E-state index is 12.7. The molecule has 0 saturated carbocycles. The number of sulfone groups is 1. The van der Waals surface area contributed by atoms with Crippen molar-refractivity contribution < 1.29 is 17.9 Å². The van der Waals surface area contributed by atoms with Gasteiger partial charge < -0.3 is 10.1 Å². The monoisotopic (exact) mass is 363 g/mol. The molecule has 1 atom stereocenters. The van der Waals surface area contributed by atoms with Crippen LogP contribution < -0.4 is 10.1 Å². The van der Waals surface area contributed by atoms with Crippen LogP contribution in [-0.2, 0) is 9.84 Å². The van der Waals surface area contributed by atoms with E-state index in [4.69, 9.17) is 4.74 Å². The van der Waals surface area contributed by atoms with E-state index < -0.39 is 9.84 Å². The molecule has 0 bridgehead atoms. The first-order valence-electron chi connectivity index (χ1n) is 8.19. The molecule has 1 aromatic heterocycles. The number of nitrogens with one attached hydrogen (secondary N) is 1. The first-order valence-corrected chi connectivity index (χ1v) is 10.0. The minimum absolute atomic E-state index is 0.0481. The van der Waals surface area contributed by atoms with Crippen LogP contribution in [0.1, 0.15) is 35.4 Å². The van der Waals surface area contributed by atoms with Gasteiger partial charge in [0.15, 0.2) is 9.84 Å². The van der Waals surface area contributed by atoms with E-state index in [0.29, 0.717) is 30.2 Å². The van der Waals surface area contributed by atoms with Crippen molar-refractivity contribution >= 4 is 21.6 Å². The third-order valence-corrected chi connectivity index (χ3v) is 5.84. The third kappa shape index (κ3) is 3.84. The zero-order chi connectivity index (χ0) is 18.0. The van der Waals surface area contributed by atoms with Crippen molar-refractivity contribution in [3.63, 3.8) is 0 Å². The van der Waals surface area contributed by atoms with Crippen LogP contribution >= 0.6 is 0 Å². The second-order valence-corrected chi connectivity index (χ2v) is 8.28. The Balaban J connectivity index is 1.85. The van der Waals surface area contributed by atoms with Gasteiger partial charge in [-0.15, -0.1) is 0 Å². The molecule has 1 aliphatic heterocycles. The van der Waals surface area contributed by atoms with Gasteiger partial charge in [-0.25, -0.2) is 13.1 Å². The van der Waals surface area contributed by atoms with Crippen molar-refractivity contribution in [2.45, 2.75) is 26.3 Å². The summed E-state index contributed by atoms with van der Waals surface area (Å²) in [5.41, 5.74) is 1.14. The summed E-state index contributed by atoms with van der Waals surface area (Å²) in [5.74, 6) is 0.889. The molecular formula is C17H21N3O4S. The Labute approximate surface area is 146 Å². The van der Waals surface area contributed by atoms with E-state index in [0.717, 1.165) is 5.69 Å². The van der Waals surface area contributed by atoms with Crippen LogP contribution in [-0.4, -0.2) is 42.2 Å². The van der Waals surface area contributed by atoms with Gasteiger partial charge in [0, 0.05) is 6.07 Å². The Bertz CT molecular complexity index is 889. The SMILES string of the molecule is CCOc1ccccc1C(=O)Nc1cc(C)nn1C1CCS(=O)(=O)C1. The lowest BCUT2D eigenvalue weighted by Gasteiger charge is -2.15. The van der Waals surface area contributed by atoms with Crippen molar-refractivity contribution in [2.75, 3.05) is 23.4 Å². The van der Waals surface area contributed by atoms with Crippen LogP contribution in [0.2, 0.25) is 0 Å². The molecule has 1 aromatic carbocycles. The highest BCUT2D eigenvalue weighted by Crippen LogP contribution is 2.28. The van der Waals surface area contributed by atoms with Crippen LogP contribution in [0, 0.1) is 6.92 Å². The zero-order valence-corrected chi connectivity index (χ0v) is 15.0. The number of carbonyl (C=O) groups is 1. The summed E-state index contributed by atoms with van der Waals surface area (Å²) in [4.78, 5) is 12.7. The Hall–Kier alpha value is -2.35. The molecule has 7 nitrogen and oxygen atoms in total. The lowest BCUT2D eigenvalue weighted by Crippen LogP contribution is -2.20. The molecule has 1 saturated heterocycles. The molecule has 1 fully saturated rings. The van der Waals surface area contributed by atoms with Gasteiger partial charge in [-0.1, -0.05) is 12.1 Å². The molecule has 1 aliphatic rings. The van der Waals surface area contributed by atoms with Crippen LogP contribution in [0.4, 0.5) is 5.82 Å². The Morgan fingerprint density at radius 2 is 2.16 bits per heavy atom. The summed E-state index contributed by atoms with van der Waals surface area (Å²) < 4.78 is 30.6. The number of hydrogen-bond acceptors (Lipinski definition) is 5. The minimum Gasteiger partial charge on any atom is -0.493 e. The van der Waals surface area contributed by atoms with Gasteiger partial charge in [0.25, 0.3) is 5.91 Å². The second-order valence-electron chi connectivity index (χ2n) is 6.06. The number of benzene rings is 1. The normalized spacial score (nSPS) is 18.9. The van der Waals surface area contributed by atoms with Crippen LogP contribution in [0.15, 0.2) is 30.3 Å². The number of ether oxygens (including phenoxy) is 1. The van der Waals surface area contributed by atoms with Crippen LogP contribution in [0.3, 0.4) is 0 Å². The van der Waals surface area contributed by atoms with Crippen molar-refractivity contribution in [1.29, 1.82) is 0 Å². The van der Waals surface area contributed by atoms with E-state index in [1.54, 1.807) is 35.0 Å². The van der Waals surface area contributed by atoms with Gasteiger partial charge in [-0.3, -0.25) is 4.79 Å². The number of rotatable bonds is 5. The van der Waals surface area contributed by atoms with Crippen LogP contribution in [0.25, 0.3) is 0 Å². The van der Waals surface area contributed by atoms with Gasteiger partial charge in [-0.2, -0.15) is 5.10 Å². The number of hydrogen-bond donors (Lipinski definition) is 1. The Morgan fingerprint density at radius 3 is 2.84 bits per heavy atom. The summed E-state index contributed by atoms with van der Waals surface area (Å²) in [6, 6.07) is 8.49. The minimum atomic E-state index is -3.04. The molecule has 2 aromatic rings. The number of para-hydroxylation sites is 1. The van der Waals surface area contributed by atoms with Gasteiger partial charge in [-0.05, 0) is 32.4 Å². The number of carbonyl (C=O) groups excluding carboxylic acids is 1. The number of aromatic nitrogens is 2. The maximum absolute atomic E-state index is 12.7. The summed E-state index contributed by atoms with van der Waals surface area (Å²) in [6.07, 6.45) is 0.502. The van der Waals surface area contributed by atoms with Crippen LogP contribution in [0.5, 0.6) is 5.75 Å². The zero-order valence-electron chi connectivity index (χ0n) is 14.2. The standard InChI is InChI=1S/C17H21N3O4S/c1-3-24-15-7-5-4-6-14(15)17(21)18-16-10-12(2)19-20(16)13-8-9-25(22,23)11-13/h4-7,10,13H,3,8-9,11H2,1-2H3,(H,18,21). The van der Waals surface area contributed by atoms with Gasteiger partial charge in [0.05, 0.1) is 35.4 Å². The number of amides is 1. The highest BCUT2D eigenvalue weighted by atomic mass is 32.2. The fourth-order valence-electron chi connectivity index (χ4n) is 2.98. The lowest BCUT2D eigenvalue weighted by atomic mass is 10.2. The van der Waals surface area contributed by atoms with E-state index in [2.05, 4.69) is 10.4 Å². The van der Waals surface area contributed by atoms with E-state index in [1.165, 1.54) is 0 Å². The summed E-state index contributed by atoms with van der Waals surface area (Å²) in [5, 5.41) is 7.21. The predicted octanol–water partition coefficient (Wildman–Crippen LogP) is 2.20. The summed E-state index contributed by atoms with van der Waals surface area (Å²) in [7, 11) is -3.04. The van der Waals surface area contributed by atoms with Gasteiger partial charge in [0.1, 0.15) is 11.6 Å². The molecule has 134 valence electrons. The maximum Gasteiger partial charge on any atom is 0.260 e. The number of anilines is 1. The molecule has 2 heterocycles. The molecule has 0 radical (unpaired) electrons. The van der Waals surface area contributed by atoms with Gasteiger partial charge in [0.2, 0.25) is 0 Å². The molecule has 1 unspecified atom stereocenters. The van der Waals surface area contributed by atoms with E-state index in [9.17, 15) is 13.2 Å². The molecule has 0 spiro atoms. The fourth-order valence-corrected chi connectivity index (χ4v) is 4.67. The predicted molar refractivity (Wildman–Crippen MR) is 94.8 cm³/mol. The average molecular weight is 363 g/mol. The van der Waals surface area contributed by atoms with Crippen molar-refractivity contribution in [2.24, 2.45) is 0 Å². The third-order valence-electron chi connectivity index (χ3n) is 4.09. The molecule has 8 heteroatoms. The molecule has 1 amide bonds. The smallest absolute Gasteiger partial charge is 0.260 e. The van der Waals surface area contributed by atoms with Crippen molar-refractivity contribution in [1.82, 2.24) is 9.78 Å². The van der Waals surface area contributed by atoms with E-state index in [-0.39, 0.29) is 23.5 Å². The Kier molecular flexibility index (Phi) is 4.80. The van der Waals surface area contributed by atoms with E-state index >= 15 is 0 Å². The van der Waals surface area contributed by atoms with Gasteiger partial charge >= 0.3 is 0 Å². The topological polar surface area (TPSA) is 90.3 Å². The quantitative estimate of drug-likeness (QED) is 0.879. The molecule has 3 rings (SSSR count). The highest BCUT2D eigenvalue weighted by Gasteiger charge is 2.31. The lowest BCUT2D eigenvalue weighted by molar-refractivity contribution is 0.102. The molecular weight excluding hydrogens is 342 g/mol. The van der Waals surface area contributed by atoms with E-state index in [1.807, 2.05) is 13.8 Å². The highest BCUT2D eigenvalue weighted by molar-refractivity contribution is 7.91. The summed E-state index contributed by atoms with van der Waals surface area (Å²) >= 11 is 0. The molecule has 1 N–H and O–H groups in total. The Morgan fingerprint density at radius 1 is 1.40 bits per heavy atom. The number of nitrogens with zero attached hydrogens (tertiary/aromatic N) is 2. The number of aryl methyl sites for hydroxylation is 1. The molecule has 25 heavy (non-hydrogen) atoms. The molecule has 0 aliphatic carbocycles. The van der Waals surface area contributed by atoms with Crippen molar-refractivity contribution in [3.8, 4) is 5.75 Å². The fraction of sp³-hybridized carbons (Fsp3) is 0.412. The van der Waals surface area contributed by atoms with Crippen molar-refractivity contribution in [3.05, 3.63) is 41.6 Å². The summed E-state index contributed by atoms with van der Waals surface area (Å²) in [6.45, 7) is 4.12. The largest absolute Gasteiger partial charge is 0.493 e.